The Morgan fingerprint density at radius 2 is 1.84 bits per heavy atom. The van der Waals surface area contributed by atoms with E-state index in [1.165, 1.54) is 5.56 Å². The van der Waals surface area contributed by atoms with Crippen molar-refractivity contribution < 1.29 is 9.53 Å². The molecule has 1 aliphatic heterocycles. The topological polar surface area (TPSA) is 41.6 Å². The third-order valence-corrected chi connectivity index (χ3v) is 5.32. The van der Waals surface area contributed by atoms with Gasteiger partial charge in [0.2, 0.25) is 5.91 Å². The maximum Gasteiger partial charge on any atom is 0.223 e. The predicted octanol–water partition coefficient (Wildman–Crippen LogP) is 3.32. The van der Waals surface area contributed by atoms with Gasteiger partial charge >= 0.3 is 0 Å². The van der Waals surface area contributed by atoms with Crippen molar-refractivity contribution in [1.29, 1.82) is 0 Å². The van der Waals surface area contributed by atoms with Crippen LogP contribution in [0.4, 0.5) is 0 Å². The van der Waals surface area contributed by atoms with Gasteiger partial charge < -0.3 is 15.0 Å². The van der Waals surface area contributed by atoms with E-state index >= 15 is 0 Å². The minimum absolute atomic E-state index is 0.0598. The second kappa shape index (κ2) is 9.93. The van der Waals surface area contributed by atoms with E-state index in [2.05, 4.69) is 62.3 Å². The maximum atomic E-state index is 12.7. The van der Waals surface area contributed by atoms with Gasteiger partial charge in [-0.2, -0.15) is 0 Å². The summed E-state index contributed by atoms with van der Waals surface area (Å²) in [7, 11) is 2.12. The first-order valence-corrected chi connectivity index (χ1v) is 9.58. The zero-order valence-corrected chi connectivity index (χ0v) is 16.2. The van der Waals surface area contributed by atoms with Gasteiger partial charge in [0, 0.05) is 38.3 Å². The van der Waals surface area contributed by atoms with Crippen LogP contribution in [0, 0.1) is 17.8 Å². The highest BCUT2D eigenvalue weighted by atomic mass is 16.5. The molecule has 1 saturated heterocycles. The molecule has 25 heavy (non-hydrogen) atoms. The van der Waals surface area contributed by atoms with Crippen LogP contribution in [-0.2, 0) is 16.1 Å². The van der Waals surface area contributed by atoms with Gasteiger partial charge in [-0.1, -0.05) is 51.1 Å². The van der Waals surface area contributed by atoms with Gasteiger partial charge in [-0.05, 0) is 37.3 Å². The molecular formula is C21H34N2O2. The molecule has 1 N–H and O–H groups in total. The average molecular weight is 347 g/mol. The van der Waals surface area contributed by atoms with Gasteiger partial charge in [0.1, 0.15) is 0 Å². The van der Waals surface area contributed by atoms with E-state index in [0.29, 0.717) is 11.8 Å². The van der Waals surface area contributed by atoms with E-state index in [9.17, 15) is 4.79 Å². The quantitative estimate of drug-likeness (QED) is 0.785. The number of amides is 1. The Kier molecular flexibility index (Phi) is 7.91. The van der Waals surface area contributed by atoms with Crippen molar-refractivity contribution in [2.75, 3.05) is 26.8 Å². The van der Waals surface area contributed by atoms with Gasteiger partial charge in [-0.25, -0.2) is 0 Å². The van der Waals surface area contributed by atoms with Crippen LogP contribution in [0.5, 0.6) is 0 Å². The molecule has 1 heterocycles. The summed E-state index contributed by atoms with van der Waals surface area (Å²) in [6.07, 6.45) is 1.99. The lowest BCUT2D eigenvalue weighted by molar-refractivity contribution is -0.128. The highest BCUT2D eigenvalue weighted by molar-refractivity contribution is 5.79. The number of ether oxygens (including phenoxy) is 1. The largest absolute Gasteiger partial charge is 0.381 e. The zero-order valence-electron chi connectivity index (χ0n) is 16.2. The van der Waals surface area contributed by atoms with E-state index < -0.39 is 0 Å². The first-order chi connectivity index (χ1) is 12.0. The standard InChI is InChI=1S/C21H34N2O2/c1-16(2)20(15-23(4)14-18-8-6-5-7-9-18)22-21(24)17(3)19-10-12-25-13-11-19/h5-9,16-17,19-20H,10-15H2,1-4H3,(H,22,24). The second-order valence-electron chi connectivity index (χ2n) is 7.78. The third kappa shape index (κ3) is 6.44. The van der Waals surface area contributed by atoms with Crippen LogP contribution in [-0.4, -0.2) is 43.7 Å². The van der Waals surface area contributed by atoms with Crippen LogP contribution < -0.4 is 5.32 Å². The van der Waals surface area contributed by atoms with Crippen molar-refractivity contribution in [3.8, 4) is 0 Å². The second-order valence-corrected chi connectivity index (χ2v) is 7.78. The summed E-state index contributed by atoms with van der Waals surface area (Å²) < 4.78 is 5.42. The summed E-state index contributed by atoms with van der Waals surface area (Å²) in [5, 5.41) is 3.31. The minimum atomic E-state index is 0.0598. The monoisotopic (exact) mass is 346 g/mol. The molecule has 0 bridgehead atoms. The molecule has 1 aromatic rings. The van der Waals surface area contributed by atoms with Crippen molar-refractivity contribution >= 4 is 5.91 Å². The summed E-state index contributed by atoms with van der Waals surface area (Å²) in [5.74, 6) is 1.11. The number of benzene rings is 1. The molecule has 4 nitrogen and oxygen atoms in total. The summed E-state index contributed by atoms with van der Waals surface area (Å²) >= 11 is 0. The zero-order chi connectivity index (χ0) is 18.2. The number of rotatable bonds is 8. The van der Waals surface area contributed by atoms with Gasteiger partial charge in [0.15, 0.2) is 0 Å². The number of carbonyl (C=O) groups excluding carboxylic acids is 1. The van der Waals surface area contributed by atoms with Crippen molar-refractivity contribution in [1.82, 2.24) is 10.2 Å². The van der Waals surface area contributed by atoms with Crippen molar-refractivity contribution in [3.05, 3.63) is 35.9 Å². The average Bonchev–Trinajstić information content (AvgIpc) is 2.61. The molecule has 1 aliphatic rings. The smallest absolute Gasteiger partial charge is 0.223 e. The molecule has 0 aliphatic carbocycles. The Labute approximate surface area is 152 Å². The molecule has 1 aromatic carbocycles. The molecule has 2 unspecified atom stereocenters. The van der Waals surface area contributed by atoms with Crippen LogP contribution in [0.2, 0.25) is 0 Å². The fourth-order valence-corrected chi connectivity index (χ4v) is 3.46. The van der Waals surface area contributed by atoms with E-state index in [1.807, 2.05) is 6.07 Å². The number of nitrogens with one attached hydrogen (secondary N) is 1. The molecule has 2 atom stereocenters. The molecular weight excluding hydrogens is 312 g/mol. The Balaban J connectivity index is 1.87. The summed E-state index contributed by atoms with van der Waals surface area (Å²) in [6, 6.07) is 10.6. The Bertz CT molecular complexity index is 512. The molecule has 1 amide bonds. The highest BCUT2D eigenvalue weighted by Gasteiger charge is 2.28. The van der Waals surface area contributed by atoms with Crippen LogP contribution in [0.3, 0.4) is 0 Å². The number of hydrogen-bond donors (Lipinski definition) is 1. The first kappa shape index (κ1) is 19.9. The molecule has 0 aromatic heterocycles. The van der Waals surface area contributed by atoms with Crippen molar-refractivity contribution in [3.63, 3.8) is 0 Å². The Hall–Kier alpha value is -1.39. The molecule has 0 saturated carbocycles. The lowest BCUT2D eigenvalue weighted by Gasteiger charge is -2.31. The van der Waals surface area contributed by atoms with Gasteiger partial charge in [-0.3, -0.25) is 4.79 Å². The Morgan fingerprint density at radius 1 is 1.20 bits per heavy atom. The van der Waals surface area contributed by atoms with E-state index in [4.69, 9.17) is 4.74 Å². The highest BCUT2D eigenvalue weighted by Crippen LogP contribution is 2.24. The molecule has 1 fully saturated rings. The van der Waals surface area contributed by atoms with Gasteiger partial charge in [0.25, 0.3) is 0 Å². The first-order valence-electron chi connectivity index (χ1n) is 9.58. The number of likely N-dealkylation sites (N-methyl/N-ethyl adjacent to an activating group) is 1. The Morgan fingerprint density at radius 3 is 2.44 bits per heavy atom. The van der Waals surface area contributed by atoms with Crippen LogP contribution >= 0.6 is 0 Å². The van der Waals surface area contributed by atoms with Crippen LogP contribution in [0.15, 0.2) is 30.3 Å². The third-order valence-electron chi connectivity index (χ3n) is 5.32. The van der Waals surface area contributed by atoms with E-state index in [0.717, 1.165) is 39.1 Å². The SMILES string of the molecule is CC(C)C(CN(C)Cc1ccccc1)NC(=O)C(C)C1CCOCC1. The fourth-order valence-electron chi connectivity index (χ4n) is 3.46. The van der Waals surface area contributed by atoms with E-state index in [1.54, 1.807) is 0 Å². The molecule has 140 valence electrons. The van der Waals surface area contributed by atoms with Crippen molar-refractivity contribution in [2.45, 2.75) is 46.2 Å². The summed E-state index contributed by atoms with van der Waals surface area (Å²) in [5.41, 5.74) is 1.30. The van der Waals surface area contributed by atoms with Crippen LogP contribution in [0.25, 0.3) is 0 Å². The lowest BCUT2D eigenvalue weighted by atomic mass is 9.86. The number of nitrogens with zero attached hydrogens (tertiary/aromatic N) is 1. The number of hydrogen-bond acceptors (Lipinski definition) is 3. The fraction of sp³-hybridized carbons (Fsp3) is 0.667. The van der Waals surface area contributed by atoms with Gasteiger partial charge in [0.05, 0.1) is 0 Å². The summed E-state index contributed by atoms with van der Waals surface area (Å²) in [4.78, 5) is 15.0. The molecule has 2 rings (SSSR count). The van der Waals surface area contributed by atoms with Gasteiger partial charge in [-0.15, -0.1) is 0 Å². The number of carbonyl (C=O) groups is 1. The van der Waals surface area contributed by atoms with E-state index in [-0.39, 0.29) is 17.9 Å². The van der Waals surface area contributed by atoms with Crippen molar-refractivity contribution in [2.24, 2.45) is 17.8 Å². The van der Waals surface area contributed by atoms with Crippen LogP contribution in [0.1, 0.15) is 39.2 Å². The molecule has 4 heteroatoms. The summed E-state index contributed by atoms with van der Waals surface area (Å²) in [6.45, 7) is 9.76. The predicted molar refractivity (Wildman–Crippen MR) is 102 cm³/mol. The normalized spacial score (nSPS) is 18.3. The molecule has 0 spiro atoms. The molecule has 0 radical (unpaired) electrons. The maximum absolute atomic E-state index is 12.7. The lowest BCUT2D eigenvalue weighted by Crippen LogP contribution is -2.48. The minimum Gasteiger partial charge on any atom is -0.381 e.